The van der Waals surface area contributed by atoms with E-state index in [0.717, 1.165) is 11.3 Å². The Labute approximate surface area is 83.2 Å². The number of H-pyrrole nitrogens is 1. The molecular formula is C7H12Cl2N2O. The molecule has 0 bridgehead atoms. The van der Waals surface area contributed by atoms with Crippen molar-refractivity contribution in [2.24, 2.45) is 5.73 Å². The van der Waals surface area contributed by atoms with Crippen LogP contribution in [-0.4, -0.2) is 4.98 Å². The van der Waals surface area contributed by atoms with Crippen molar-refractivity contribution in [1.82, 2.24) is 4.98 Å². The van der Waals surface area contributed by atoms with Crippen molar-refractivity contribution in [2.45, 2.75) is 13.5 Å². The number of aromatic amines is 1. The highest BCUT2D eigenvalue weighted by molar-refractivity contribution is 5.85. The number of halogens is 2. The molecule has 5 heteroatoms. The normalized spacial score (nSPS) is 8.17. The minimum Gasteiger partial charge on any atom is -0.326 e. The van der Waals surface area contributed by atoms with Gasteiger partial charge in [-0.3, -0.25) is 4.79 Å². The molecule has 0 aliphatic carbocycles. The topological polar surface area (TPSA) is 58.9 Å². The van der Waals surface area contributed by atoms with Crippen molar-refractivity contribution in [3.8, 4) is 0 Å². The average molecular weight is 211 g/mol. The summed E-state index contributed by atoms with van der Waals surface area (Å²) < 4.78 is 0. The SMILES string of the molecule is Cc1cc(CN)cc(=O)[nH]1.Cl.Cl. The molecule has 0 aliphatic rings. The van der Waals surface area contributed by atoms with Crippen molar-refractivity contribution in [1.29, 1.82) is 0 Å². The van der Waals surface area contributed by atoms with Crippen LogP contribution in [-0.2, 0) is 6.54 Å². The number of nitrogens with one attached hydrogen (secondary N) is 1. The van der Waals surface area contributed by atoms with Crippen molar-refractivity contribution in [2.75, 3.05) is 0 Å². The van der Waals surface area contributed by atoms with E-state index in [-0.39, 0.29) is 30.4 Å². The largest absolute Gasteiger partial charge is 0.326 e. The molecule has 0 radical (unpaired) electrons. The van der Waals surface area contributed by atoms with E-state index < -0.39 is 0 Å². The highest BCUT2D eigenvalue weighted by Gasteiger charge is 1.91. The lowest BCUT2D eigenvalue weighted by Gasteiger charge is -1.95. The maximum absolute atomic E-state index is 10.8. The Morgan fingerprint density at radius 3 is 2.42 bits per heavy atom. The number of pyridine rings is 1. The third-order valence-electron chi connectivity index (χ3n) is 1.27. The average Bonchev–Trinajstić information content (AvgIpc) is 1.85. The Morgan fingerprint density at radius 2 is 2.00 bits per heavy atom. The van der Waals surface area contributed by atoms with E-state index in [1.165, 1.54) is 6.07 Å². The van der Waals surface area contributed by atoms with E-state index in [1.807, 2.05) is 13.0 Å². The first-order chi connectivity index (χ1) is 4.72. The molecule has 0 saturated heterocycles. The quantitative estimate of drug-likeness (QED) is 0.727. The number of nitrogens with two attached hydrogens (primary N) is 1. The van der Waals surface area contributed by atoms with Crippen LogP contribution < -0.4 is 11.3 Å². The summed E-state index contributed by atoms with van der Waals surface area (Å²) in [6.07, 6.45) is 0. The van der Waals surface area contributed by atoms with Gasteiger partial charge in [-0.15, -0.1) is 24.8 Å². The summed E-state index contributed by atoms with van der Waals surface area (Å²) in [5.74, 6) is 0. The van der Waals surface area contributed by atoms with Gasteiger partial charge in [-0.25, -0.2) is 0 Å². The van der Waals surface area contributed by atoms with Gasteiger partial charge >= 0.3 is 0 Å². The summed E-state index contributed by atoms with van der Waals surface area (Å²) in [7, 11) is 0. The smallest absolute Gasteiger partial charge is 0.248 e. The van der Waals surface area contributed by atoms with Gasteiger partial charge in [0.05, 0.1) is 0 Å². The predicted octanol–water partition coefficient (Wildman–Crippen LogP) is 0.986. The van der Waals surface area contributed by atoms with Crippen LogP contribution in [0.4, 0.5) is 0 Å². The van der Waals surface area contributed by atoms with Crippen molar-refractivity contribution >= 4 is 24.8 Å². The molecule has 3 nitrogen and oxygen atoms in total. The maximum atomic E-state index is 10.8. The summed E-state index contributed by atoms with van der Waals surface area (Å²) in [4.78, 5) is 13.4. The van der Waals surface area contributed by atoms with Crippen LogP contribution in [0.5, 0.6) is 0 Å². The fraction of sp³-hybridized carbons (Fsp3) is 0.286. The van der Waals surface area contributed by atoms with Crippen LogP contribution in [0.2, 0.25) is 0 Å². The van der Waals surface area contributed by atoms with Gasteiger partial charge in [-0.1, -0.05) is 0 Å². The first-order valence-electron chi connectivity index (χ1n) is 3.12. The molecule has 0 aliphatic heterocycles. The summed E-state index contributed by atoms with van der Waals surface area (Å²) in [5.41, 5.74) is 6.98. The molecule has 1 aromatic rings. The third kappa shape index (κ3) is 3.76. The molecular weight excluding hydrogens is 199 g/mol. The Bertz CT molecular complexity index is 285. The lowest BCUT2D eigenvalue weighted by Crippen LogP contribution is -2.09. The number of hydrogen-bond donors (Lipinski definition) is 2. The highest BCUT2D eigenvalue weighted by Crippen LogP contribution is 1.94. The van der Waals surface area contributed by atoms with Gasteiger partial charge in [0.25, 0.3) is 0 Å². The monoisotopic (exact) mass is 210 g/mol. The zero-order valence-corrected chi connectivity index (χ0v) is 8.30. The van der Waals surface area contributed by atoms with Crippen LogP contribution in [0, 0.1) is 6.92 Å². The molecule has 0 spiro atoms. The second-order valence-electron chi connectivity index (χ2n) is 2.24. The fourth-order valence-electron chi connectivity index (χ4n) is 0.872. The van der Waals surface area contributed by atoms with E-state index in [1.54, 1.807) is 0 Å². The van der Waals surface area contributed by atoms with Gasteiger partial charge < -0.3 is 10.7 Å². The molecule has 0 fully saturated rings. The molecule has 70 valence electrons. The van der Waals surface area contributed by atoms with Gasteiger partial charge in [0.2, 0.25) is 5.56 Å². The Kier molecular flexibility index (Phi) is 7.09. The summed E-state index contributed by atoms with van der Waals surface area (Å²) in [6.45, 7) is 2.26. The fourth-order valence-corrected chi connectivity index (χ4v) is 0.872. The zero-order valence-electron chi connectivity index (χ0n) is 6.66. The summed E-state index contributed by atoms with van der Waals surface area (Å²) in [6, 6.07) is 3.37. The van der Waals surface area contributed by atoms with Crippen LogP contribution >= 0.6 is 24.8 Å². The zero-order chi connectivity index (χ0) is 7.56. The van der Waals surface area contributed by atoms with Gasteiger partial charge in [0.15, 0.2) is 0 Å². The molecule has 0 atom stereocenters. The van der Waals surface area contributed by atoms with Crippen LogP contribution in [0.3, 0.4) is 0 Å². The second-order valence-corrected chi connectivity index (χ2v) is 2.24. The third-order valence-corrected chi connectivity index (χ3v) is 1.27. The molecule has 12 heavy (non-hydrogen) atoms. The van der Waals surface area contributed by atoms with Crippen molar-refractivity contribution in [3.05, 3.63) is 33.7 Å². The summed E-state index contributed by atoms with van der Waals surface area (Å²) >= 11 is 0. The number of aryl methyl sites for hydroxylation is 1. The van der Waals surface area contributed by atoms with Gasteiger partial charge in [-0.05, 0) is 18.6 Å². The lowest BCUT2D eigenvalue weighted by molar-refractivity contribution is 1.02. The minimum absolute atomic E-state index is 0. The molecule has 0 unspecified atom stereocenters. The molecule has 1 rings (SSSR count). The molecule has 3 N–H and O–H groups in total. The van der Waals surface area contributed by atoms with E-state index >= 15 is 0 Å². The van der Waals surface area contributed by atoms with Gasteiger partial charge in [0.1, 0.15) is 0 Å². The van der Waals surface area contributed by atoms with Gasteiger partial charge in [-0.2, -0.15) is 0 Å². The Morgan fingerprint density at radius 1 is 1.42 bits per heavy atom. The van der Waals surface area contributed by atoms with E-state index in [9.17, 15) is 4.79 Å². The second kappa shape index (κ2) is 6.06. The molecule has 0 aromatic carbocycles. The first kappa shape index (κ1) is 14.0. The van der Waals surface area contributed by atoms with Crippen LogP contribution in [0.25, 0.3) is 0 Å². The van der Waals surface area contributed by atoms with Crippen LogP contribution in [0.1, 0.15) is 11.3 Å². The Balaban J connectivity index is 0. The minimum atomic E-state index is -0.0829. The van der Waals surface area contributed by atoms with E-state index in [2.05, 4.69) is 4.98 Å². The lowest BCUT2D eigenvalue weighted by atomic mass is 10.2. The van der Waals surface area contributed by atoms with Crippen LogP contribution in [0.15, 0.2) is 16.9 Å². The van der Waals surface area contributed by atoms with E-state index in [0.29, 0.717) is 6.54 Å². The maximum Gasteiger partial charge on any atom is 0.248 e. The number of hydrogen-bond acceptors (Lipinski definition) is 2. The predicted molar refractivity (Wildman–Crippen MR) is 54.2 cm³/mol. The van der Waals surface area contributed by atoms with Crippen molar-refractivity contribution in [3.63, 3.8) is 0 Å². The molecule has 1 heterocycles. The Hall–Kier alpha value is -0.510. The van der Waals surface area contributed by atoms with Crippen molar-refractivity contribution < 1.29 is 0 Å². The van der Waals surface area contributed by atoms with E-state index in [4.69, 9.17) is 5.73 Å². The molecule has 1 aromatic heterocycles. The highest BCUT2D eigenvalue weighted by atomic mass is 35.5. The molecule has 0 saturated carbocycles. The number of aromatic nitrogens is 1. The standard InChI is InChI=1S/C7H10N2O.2ClH/c1-5-2-6(4-8)3-7(10)9-5;;/h2-3H,4,8H2,1H3,(H,9,10);2*1H. The first-order valence-corrected chi connectivity index (χ1v) is 3.12. The van der Waals surface area contributed by atoms with Gasteiger partial charge in [0, 0.05) is 18.3 Å². The summed E-state index contributed by atoms with van der Waals surface area (Å²) in [5, 5.41) is 0. The molecule has 0 amide bonds. The number of rotatable bonds is 1.